The lowest BCUT2D eigenvalue weighted by molar-refractivity contribution is 0.356. The lowest BCUT2D eigenvalue weighted by Gasteiger charge is -2.28. The molecule has 2 aromatic rings. The van der Waals surface area contributed by atoms with E-state index in [4.69, 9.17) is 23.2 Å². The molecule has 2 aromatic heterocycles. The van der Waals surface area contributed by atoms with E-state index in [0.29, 0.717) is 29.5 Å². The molecule has 0 bridgehead atoms. The van der Waals surface area contributed by atoms with E-state index in [1.807, 2.05) is 18.2 Å². The quantitative estimate of drug-likeness (QED) is 0.404. The molecule has 2 aliphatic rings. The van der Waals surface area contributed by atoms with Gasteiger partial charge in [-0.15, -0.1) is 11.6 Å². The highest BCUT2D eigenvalue weighted by Gasteiger charge is 2.36. The van der Waals surface area contributed by atoms with E-state index < -0.39 is 0 Å². The molecule has 0 spiro atoms. The van der Waals surface area contributed by atoms with Crippen molar-refractivity contribution in [3.63, 3.8) is 0 Å². The van der Waals surface area contributed by atoms with Gasteiger partial charge in [-0.25, -0.2) is 9.97 Å². The van der Waals surface area contributed by atoms with E-state index >= 15 is 0 Å². The first-order chi connectivity index (χ1) is 14.7. The van der Waals surface area contributed by atoms with Gasteiger partial charge in [0, 0.05) is 55.7 Å². The summed E-state index contributed by atoms with van der Waals surface area (Å²) in [5.41, 5.74) is 6.32. The fourth-order valence-electron chi connectivity index (χ4n) is 4.00. The molecule has 0 saturated heterocycles. The van der Waals surface area contributed by atoms with Crippen LogP contribution < -0.4 is 16.1 Å². The molecule has 3 unspecified atom stereocenters. The van der Waals surface area contributed by atoms with Gasteiger partial charge in [-0.3, -0.25) is 4.98 Å². The number of fused-ring (bicyclic) bond motifs is 1. The molecule has 7 nitrogen and oxygen atoms in total. The van der Waals surface area contributed by atoms with Crippen LogP contribution in [0.1, 0.15) is 30.7 Å². The molecule has 30 heavy (non-hydrogen) atoms. The fraction of sp³-hybridized carbons (Fsp3) is 0.524. The highest BCUT2D eigenvalue weighted by molar-refractivity contribution is 6.31. The summed E-state index contributed by atoms with van der Waals surface area (Å²) in [6.07, 6.45) is 8.16. The Kier molecular flexibility index (Phi) is 7.36. The van der Waals surface area contributed by atoms with Gasteiger partial charge in [-0.05, 0) is 31.4 Å². The molecule has 160 valence electrons. The molecule has 3 atom stereocenters. The van der Waals surface area contributed by atoms with Crippen molar-refractivity contribution in [2.45, 2.75) is 43.5 Å². The molecule has 9 heteroatoms. The maximum absolute atomic E-state index is 6.35. The van der Waals surface area contributed by atoms with Crippen LogP contribution >= 0.6 is 23.2 Å². The van der Waals surface area contributed by atoms with Crippen molar-refractivity contribution < 1.29 is 0 Å². The number of hydrogen-bond acceptors (Lipinski definition) is 7. The zero-order chi connectivity index (χ0) is 20.8. The van der Waals surface area contributed by atoms with Crippen molar-refractivity contribution in [2.24, 2.45) is 11.0 Å². The Hall–Kier alpha value is -1.96. The second-order valence-corrected chi connectivity index (χ2v) is 8.79. The highest BCUT2D eigenvalue weighted by Crippen LogP contribution is 2.31. The van der Waals surface area contributed by atoms with E-state index in [-0.39, 0.29) is 5.38 Å². The van der Waals surface area contributed by atoms with E-state index in [1.54, 1.807) is 12.4 Å². The first kappa shape index (κ1) is 21.3. The maximum atomic E-state index is 6.35. The topological polar surface area (TPSA) is 87.1 Å². The minimum atomic E-state index is 0.264. The van der Waals surface area contributed by atoms with Crippen LogP contribution in [0.3, 0.4) is 0 Å². The standard InChI is InChI=1S/C21H27Cl2N7/c22-14-4-5-18-16(11-14)20(30-29-18)13-24-9-7-19-17(23)12-27-21(28-19)26-10-6-15-3-1-2-8-25-15/h1-3,8,12,14,16,18,24,29H,4-7,9-11,13H2,(H,26,27,28). The van der Waals surface area contributed by atoms with E-state index in [1.165, 1.54) is 5.71 Å². The Balaban J connectivity index is 1.22. The largest absolute Gasteiger partial charge is 0.354 e. The maximum Gasteiger partial charge on any atom is 0.222 e. The van der Waals surface area contributed by atoms with Crippen LogP contribution in [-0.2, 0) is 12.8 Å². The number of rotatable bonds is 9. The summed E-state index contributed by atoms with van der Waals surface area (Å²) in [5.74, 6) is 1.04. The minimum absolute atomic E-state index is 0.264. The van der Waals surface area contributed by atoms with Gasteiger partial charge in [0.05, 0.1) is 28.7 Å². The monoisotopic (exact) mass is 447 g/mol. The Morgan fingerprint density at radius 1 is 1.13 bits per heavy atom. The van der Waals surface area contributed by atoms with E-state index in [0.717, 1.165) is 56.6 Å². The first-order valence-electron chi connectivity index (χ1n) is 10.5. The highest BCUT2D eigenvalue weighted by atomic mass is 35.5. The van der Waals surface area contributed by atoms with Crippen LogP contribution in [0.4, 0.5) is 5.95 Å². The number of pyridine rings is 1. The third-order valence-corrected chi connectivity index (χ3v) is 6.35. The lowest BCUT2D eigenvalue weighted by Crippen LogP contribution is -2.39. The summed E-state index contributed by atoms with van der Waals surface area (Å²) in [6, 6.07) is 6.36. The van der Waals surface area contributed by atoms with Crippen LogP contribution in [-0.4, -0.2) is 51.7 Å². The summed E-state index contributed by atoms with van der Waals surface area (Å²) in [4.78, 5) is 13.2. The first-order valence-corrected chi connectivity index (χ1v) is 11.3. The van der Waals surface area contributed by atoms with Gasteiger partial charge in [0.1, 0.15) is 0 Å². The minimum Gasteiger partial charge on any atom is -0.354 e. The van der Waals surface area contributed by atoms with Crippen molar-refractivity contribution in [3.8, 4) is 0 Å². The predicted octanol–water partition coefficient (Wildman–Crippen LogP) is 3.05. The molecule has 0 amide bonds. The molecule has 3 heterocycles. The molecule has 4 rings (SSSR count). The predicted molar refractivity (Wildman–Crippen MR) is 121 cm³/mol. The molecular weight excluding hydrogens is 421 g/mol. The van der Waals surface area contributed by atoms with E-state index in [2.05, 4.69) is 36.1 Å². The number of nitrogens with one attached hydrogen (secondary N) is 3. The molecule has 0 radical (unpaired) electrons. The molecule has 3 N–H and O–H groups in total. The van der Waals surface area contributed by atoms with E-state index in [9.17, 15) is 0 Å². The van der Waals surface area contributed by atoms with Crippen LogP contribution in [0.5, 0.6) is 0 Å². The second kappa shape index (κ2) is 10.4. The SMILES string of the molecule is Clc1cnc(NCCc2ccccn2)nc1CCNCC1=NNC2CCC(Cl)CC12. The van der Waals surface area contributed by atoms with Crippen molar-refractivity contribution in [2.75, 3.05) is 25.0 Å². The molecule has 0 aromatic carbocycles. The smallest absolute Gasteiger partial charge is 0.222 e. The zero-order valence-electron chi connectivity index (χ0n) is 16.8. The average molecular weight is 448 g/mol. The third-order valence-electron chi connectivity index (χ3n) is 5.64. The summed E-state index contributed by atoms with van der Waals surface area (Å²) in [5, 5.41) is 12.1. The van der Waals surface area contributed by atoms with Gasteiger partial charge in [0.25, 0.3) is 0 Å². The van der Waals surface area contributed by atoms with Crippen molar-refractivity contribution >= 4 is 34.9 Å². The molecule has 1 aliphatic carbocycles. The van der Waals surface area contributed by atoms with Gasteiger partial charge in [0.2, 0.25) is 5.95 Å². The van der Waals surface area contributed by atoms with Crippen molar-refractivity contribution in [1.29, 1.82) is 0 Å². The third kappa shape index (κ3) is 5.59. The number of anilines is 1. The van der Waals surface area contributed by atoms with Crippen molar-refractivity contribution in [1.82, 2.24) is 25.7 Å². The number of aromatic nitrogens is 3. The number of halogens is 2. The van der Waals surface area contributed by atoms with Gasteiger partial charge in [-0.2, -0.15) is 5.10 Å². The normalized spacial score (nSPS) is 22.9. The fourth-order valence-corrected chi connectivity index (χ4v) is 4.50. The number of hydrazone groups is 1. The summed E-state index contributed by atoms with van der Waals surface area (Å²) in [6.45, 7) is 2.24. The Labute approximate surface area is 187 Å². The van der Waals surface area contributed by atoms with Gasteiger partial charge < -0.3 is 16.1 Å². The van der Waals surface area contributed by atoms with Gasteiger partial charge in [0.15, 0.2) is 0 Å². The molecule has 1 fully saturated rings. The molecular formula is C21H27Cl2N7. The average Bonchev–Trinajstić information content (AvgIpc) is 3.16. The van der Waals surface area contributed by atoms with Gasteiger partial charge >= 0.3 is 0 Å². The lowest BCUT2D eigenvalue weighted by atomic mass is 9.82. The Bertz CT molecular complexity index is 862. The molecule has 1 saturated carbocycles. The van der Waals surface area contributed by atoms with Crippen LogP contribution in [0.25, 0.3) is 0 Å². The molecule has 1 aliphatic heterocycles. The van der Waals surface area contributed by atoms with Crippen LogP contribution in [0, 0.1) is 5.92 Å². The number of alkyl halides is 1. The number of nitrogens with zero attached hydrogens (tertiary/aromatic N) is 4. The summed E-state index contributed by atoms with van der Waals surface area (Å²) >= 11 is 12.7. The van der Waals surface area contributed by atoms with Gasteiger partial charge in [-0.1, -0.05) is 17.7 Å². The summed E-state index contributed by atoms with van der Waals surface area (Å²) < 4.78 is 0. The summed E-state index contributed by atoms with van der Waals surface area (Å²) in [7, 11) is 0. The second-order valence-electron chi connectivity index (χ2n) is 7.77. The van der Waals surface area contributed by atoms with Crippen LogP contribution in [0.15, 0.2) is 35.7 Å². The van der Waals surface area contributed by atoms with Crippen molar-refractivity contribution in [3.05, 3.63) is 47.0 Å². The van der Waals surface area contributed by atoms with Crippen LogP contribution in [0.2, 0.25) is 5.02 Å². The zero-order valence-corrected chi connectivity index (χ0v) is 18.3. The Morgan fingerprint density at radius 3 is 2.93 bits per heavy atom. The Morgan fingerprint density at radius 2 is 2.07 bits per heavy atom. The number of hydrogen-bond donors (Lipinski definition) is 3.